The van der Waals surface area contributed by atoms with Gasteiger partial charge in [0.05, 0.1) is 0 Å². The van der Waals surface area contributed by atoms with Crippen LogP contribution in [0.1, 0.15) is 0 Å². The van der Waals surface area contributed by atoms with E-state index in [1.165, 1.54) is 33.0 Å². The molecule has 0 amide bonds. The Labute approximate surface area is 217 Å². The van der Waals surface area contributed by atoms with E-state index >= 15 is 0 Å². The smallest absolute Gasteiger partial charge is 0.227 e. The van der Waals surface area contributed by atoms with Crippen molar-refractivity contribution < 1.29 is 8.83 Å². The van der Waals surface area contributed by atoms with E-state index in [4.69, 9.17) is 8.83 Å². The number of nitrogens with zero attached hydrogens (tertiary/aromatic N) is 1. The number of fused-ring (bicyclic) bond motifs is 8. The first kappa shape index (κ1) is 20.0. The van der Waals surface area contributed by atoms with E-state index in [1.54, 1.807) is 0 Å². The van der Waals surface area contributed by atoms with Crippen LogP contribution in [0.3, 0.4) is 0 Å². The lowest BCUT2D eigenvalue weighted by molar-refractivity contribution is 0.620. The van der Waals surface area contributed by atoms with Gasteiger partial charge in [-0.1, -0.05) is 72.8 Å². The van der Waals surface area contributed by atoms with Crippen LogP contribution in [0, 0.1) is 0 Å². The maximum atomic E-state index is 6.57. The summed E-state index contributed by atoms with van der Waals surface area (Å²) in [6.45, 7) is 0. The molecule has 176 valence electrons. The highest BCUT2D eigenvalue weighted by molar-refractivity contribution is 6.25. The quantitative estimate of drug-likeness (QED) is 0.245. The Bertz CT molecular complexity index is 2200. The molecule has 0 spiro atoms. The zero-order valence-corrected chi connectivity index (χ0v) is 20.2. The molecule has 3 nitrogen and oxygen atoms in total. The fourth-order valence-electron chi connectivity index (χ4n) is 6.08. The van der Waals surface area contributed by atoms with Crippen LogP contribution in [0.5, 0.6) is 0 Å². The van der Waals surface area contributed by atoms with Crippen molar-refractivity contribution in [3.05, 3.63) is 115 Å². The van der Waals surface area contributed by atoms with Gasteiger partial charge in [-0.25, -0.2) is 4.98 Å². The summed E-state index contributed by atoms with van der Waals surface area (Å²) >= 11 is 0. The number of rotatable bonds is 2. The minimum absolute atomic E-state index is 0.635. The van der Waals surface area contributed by atoms with Gasteiger partial charge in [-0.05, 0) is 75.8 Å². The first-order valence-electron chi connectivity index (χ1n) is 12.8. The largest absolute Gasteiger partial charge is 0.455 e. The molecular weight excluding hydrogens is 466 g/mol. The molecule has 8 aromatic rings. The lowest BCUT2D eigenvalue weighted by Gasteiger charge is -2.03. The number of oxazole rings is 1. The first-order chi connectivity index (χ1) is 18.8. The summed E-state index contributed by atoms with van der Waals surface area (Å²) in [6.07, 6.45) is 0. The number of para-hydroxylation sites is 2. The molecule has 0 unspecified atom stereocenters. The number of furan rings is 1. The predicted molar refractivity (Wildman–Crippen MR) is 154 cm³/mol. The van der Waals surface area contributed by atoms with Crippen molar-refractivity contribution in [2.24, 2.45) is 0 Å². The zero-order chi connectivity index (χ0) is 24.8. The second-order valence-electron chi connectivity index (χ2n) is 9.95. The molecule has 3 heteroatoms. The van der Waals surface area contributed by atoms with E-state index < -0.39 is 0 Å². The normalized spacial score (nSPS) is 12.2. The van der Waals surface area contributed by atoms with E-state index in [1.807, 2.05) is 24.3 Å². The minimum Gasteiger partial charge on any atom is -0.455 e. The highest BCUT2D eigenvalue weighted by Gasteiger charge is 2.24. The summed E-state index contributed by atoms with van der Waals surface area (Å²) in [6, 6.07) is 40.2. The van der Waals surface area contributed by atoms with Crippen LogP contribution >= 0.6 is 0 Å². The van der Waals surface area contributed by atoms with Crippen molar-refractivity contribution in [3.63, 3.8) is 0 Å². The highest BCUT2D eigenvalue weighted by atomic mass is 16.3. The maximum absolute atomic E-state index is 6.57. The van der Waals surface area contributed by atoms with Crippen LogP contribution in [0.15, 0.2) is 124 Å². The second kappa shape index (κ2) is 7.21. The molecular formula is C35H19NO2. The molecule has 0 N–H and O–H groups in total. The molecule has 2 aromatic heterocycles. The Kier molecular flexibility index (Phi) is 3.79. The van der Waals surface area contributed by atoms with Gasteiger partial charge in [-0.2, -0.15) is 0 Å². The third kappa shape index (κ3) is 2.65. The predicted octanol–water partition coefficient (Wildman–Crippen LogP) is 9.86. The van der Waals surface area contributed by atoms with Gasteiger partial charge >= 0.3 is 0 Å². The molecule has 0 atom stereocenters. The molecule has 0 radical (unpaired) electrons. The van der Waals surface area contributed by atoms with E-state index in [2.05, 4.69) is 96.0 Å². The van der Waals surface area contributed by atoms with Gasteiger partial charge in [-0.15, -0.1) is 0 Å². The maximum Gasteiger partial charge on any atom is 0.227 e. The van der Waals surface area contributed by atoms with Crippen molar-refractivity contribution in [1.82, 2.24) is 4.98 Å². The Hall–Kier alpha value is -5.15. The summed E-state index contributed by atoms with van der Waals surface area (Å²) in [7, 11) is 0. The highest BCUT2D eigenvalue weighted by Crippen LogP contribution is 2.50. The van der Waals surface area contributed by atoms with Gasteiger partial charge in [0.2, 0.25) is 5.89 Å². The Balaban J connectivity index is 1.17. The fraction of sp³-hybridized carbons (Fsp3) is 0. The van der Waals surface area contributed by atoms with Crippen molar-refractivity contribution in [3.8, 4) is 44.8 Å². The summed E-state index contributed by atoms with van der Waals surface area (Å²) in [5.74, 6) is 0.635. The molecule has 0 saturated carbocycles. The third-order valence-electron chi connectivity index (χ3n) is 7.86. The summed E-state index contributed by atoms with van der Waals surface area (Å²) < 4.78 is 12.5. The summed E-state index contributed by atoms with van der Waals surface area (Å²) in [4.78, 5) is 4.63. The Morgan fingerprint density at radius 1 is 0.447 bits per heavy atom. The Morgan fingerprint density at radius 2 is 1.18 bits per heavy atom. The van der Waals surface area contributed by atoms with Gasteiger partial charge in [0.25, 0.3) is 0 Å². The number of hydrogen-bond acceptors (Lipinski definition) is 3. The third-order valence-corrected chi connectivity index (χ3v) is 7.86. The van der Waals surface area contributed by atoms with Crippen LogP contribution in [0.2, 0.25) is 0 Å². The molecule has 0 aliphatic heterocycles. The van der Waals surface area contributed by atoms with Crippen molar-refractivity contribution >= 4 is 43.8 Å². The van der Waals surface area contributed by atoms with Crippen LogP contribution in [-0.4, -0.2) is 4.98 Å². The molecule has 0 bridgehead atoms. The van der Waals surface area contributed by atoms with Crippen LogP contribution in [0.4, 0.5) is 0 Å². The summed E-state index contributed by atoms with van der Waals surface area (Å²) in [5, 5.41) is 4.76. The topological polar surface area (TPSA) is 39.2 Å². The van der Waals surface area contributed by atoms with Crippen molar-refractivity contribution in [1.29, 1.82) is 0 Å². The van der Waals surface area contributed by atoms with Crippen molar-refractivity contribution in [2.45, 2.75) is 0 Å². The van der Waals surface area contributed by atoms with Crippen molar-refractivity contribution in [2.75, 3.05) is 0 Å². The van der Waals surface area contributed by atoms with Crippen LogP contribution < -0.4 is 0 Å². The van der Waals surface area contributed by atoms with E-state index in [0.29, 0.717) is 5.89 Å². The van der Waals surface area contributed by atoms with Gasteiger partial charge in [0.15, 0.2) is 5.58 Å². The van der Waals surface area contributed by atoms with E-state index in [9.17, 15) is 0 Å². The fourth-order valence-corrected chi connectivity index (χ4v) is 6.08. The minimum atomic E-state index is 0.635. The van der Waals surface area contributed by atoms with E-state index in [0.717, 1.165) is 49.7 Å². The molecule has 6 aromatic carbocycles. The van der Waals surface area contributed by atoms with Crippen LogP contribution in [0.25, 0.3) is 88.6 Å². The number of hydrogen-bond donors (Lipinski definition) is 0. The van der Waals surface area contributed by atoms with Gasteiger partial charge < -0.3 is 8.83 Å². The second-order valence-corrected chi connectivity index (χ2v) is 9.95. The molecule has 0 fully saturated rings. The average molecular weight is 486 g/mol. The molecule has 9 rings (SSSR count). The monoisotopic (exact) mass is 485 g/mol. The van der Waals surface area contributed by atoms with Gasteiger partial charge in [0.1, 0.15) is 16.7 Å². The average Bonchev–Trinajstić information content (AvgIpc) is 3.66. The first-order valence-corrected chi connectivity index (χ1v) is 12.8. The van der Waals surface area contributed by atoms with E-state index in [-0.39, 0.29) is 0 Å². The molecule has 1 aliphatic rings. The molecule has 2 heterocycles. The standard InChI is InChI=1S/C35H19NO2/c1-2-7-24-23(6-1)26-8-5-9-27-33(26)28(24)19-29-25-17-16-22(18-32(25)37-34(27)29)20-12-14-21(15-13-20)35-36-30-10-3-4-11-31(30)38-35/h1-19H. The van der Waals surface area contributed by atoms with Crippen LogP contribution in [-0.2, 0) is 0 Å². The molecule has 0 saturated heterocycles. The SMILES string of the molecule is c1ccc2c(c1)-c1cccc3c1c-2cc1c2ccc(-c4ccc(-c5nc6ccccc6o5)cc4)cc2oc31. The lowest BCUT2D eigenvalue weighted by atomic mass is 9.98. The lowest BCUT2D eigenvalue weighted by Crippen LogP contribution is -1.80. The zero-order valence-electron chi connectivity index (χ0n) is 20.2. The summed E-state index contributed by atoms with van der Waals surface area (Å²) in [5.41, 5.74) is 11.9. The number of aromatic nitrogens is 1. The molecule has 38 heavy (non-hydrogen) atoms. The van der Waals surface area contributed by atoms with Gasteiger partial charge in [-0.3, -0.25) is 0 Å². The number of benzene rings is 6. The molecule has 1 aliphatic carbocycles. The Morgan fingerprint density at radius 3 is 2.05 bits per heavy atom. The van der Waals surface area contributed by atoms with Gasteiger partial charge in [0, 0.05) is 27.1 Å².